The lowest BCUT2D eigenvalue weighted by atomic mass is 10.1. The zero-order valence-electron chi connectivity index (χ0n) is 14.6. The van der Waals surface area contributed by atoms with Crippen LogP contribution < -0.4 is 5.32 Å². The molecule has 1 aliphatic heterocycles. The second-order valence-electron chi connectivity index (χ2n) is 6.14. The van der Waals surface area contributed by atoms with Crippen LogP contribution in [0.4, 0.5) is 0 Å². The molecule has 1 aliphatic rings. The molecular formula is C16H29N3O4. The number of esters is 1. The summed E-state index contributed by atoms with van der Waals surface area (Å²) >= 11 is 0. The summed E-state index contributed by atoms with van der Waals surface area (Å²) in [5.74, 6) is -0.614. The Morgan fingerprint density at radius 1 is 1.35 bits per heavy atom. The highest BCUT2D eigenvalue weighted by molar-refractivity contribution is 5.92. The molecule has 1 fully saturated rings. The van der Waals surface area contributed by atoms with Crippen molar-refractivity contribution in [1.29, 1.82) is 0 Å². The molecular weight excluding hydrogens is 298 g/mol. The maximum Gasteiger partial charge on any atom is 0.308 e. The minimum atomic E-state index is -0.772. The van der Waals surface area contributed by atoms with Crippen LogP contribution in [-0.2, 0) is 19.1 Å². The van der Waals surface area contributed by atoms with Crippen LogP contribution in [-0.4, -0.2) is 73.0 Å². The highest BCUT2D eigenvalue weighted by Crippen LogP contribution is 2.11. The summed E-state index contributed by atoms with van der Waals surface area (Å²) in [6.45, 7) is 10.8. The number of ether oxygens (including phenoxy) is 1. The van der Waals surface area contributed by atoms with Crippen molar-refractivity contribution in [1.82, 2.24) is 15.1 Å². The molecule has 0 aliphatic carbocycles. The first-order chi connectivity index (χ1) is 10.9. The Labute approximate surface area is 138 Å². The van der Waals surface area contributed by atoms with Gasteiger partial charge in [0, 0.05) is 13.1 Å². The normalized spacial score (nSPS) is 18.3. The van der Waals surface area contributed by atoms with Crippen molar-refractivity contribution in [3.05, 3.63) is 0 Å². The SMILES string of the molecule is CCN(CC)CC(=O)N1CCNC(=O)C1CC(=O)OCC(C)C. The summed E-state index contributed by atoms with van der Waals surface area (Å²) in [6.07, 6.45) is -0.0947. The van der Waals surface area contributed by atoms with Crippen molar-refractivity contribution in [2.24, 2.45) is 5.92 Å². The maximum atomic E-state index is 12.5. The van der Waals surface area contributed by atoms with E-state index in [0.717, 1.165) is 13.1 Å². The lowest BCUT2D eigenvalue weighted by Crippen LogP contribution is -2.59. The van der Waals surface area contributed by atoms with E-state index in [2.05, 4.69) is 5.32 Å². The van der Waals surface area contributed by atoms with Gasteiger partial charge in [0.25, 0.3) is 0 Å². The molecule has 1 rings (SSSR count). The molecule has 1 unspecified atom stereocenters. The number of hydrogen-bond acceptors (Lipinski definition) is 5. The second-order valence-corrected chi connectivity index (χ2v) is 6.14. The van der Waals surface area contributed by atoms with E-state index in [0.29, 0.717) is 19.7 Å². The lowest BCUT2D eigenvalue weighted by Gasteiger charge is -2.35. The molecule has 1 atom stereocenters. The Morgan fingerprint density at radius 2 is 2.00 bits per heavy atom. The van der Waals surface area contributed by atoms with E-state index in [9.17, 15) is 14.4 Å². The fraction of sp³-hybridized carbons (Fsp3) is 0.812. The number of amides is 2. The van der Waals surface area contributed by atoms with Gasteiger partial charge in [-0.3, -0.25) is 19.3 Å². The number of nitrogens with one attached hydrogen (secondary N) is 1. The first-order valence-electron chi connectivity index (χ1n) is 8.34. The highest BCUT2D eigenvalue weighted by Gasteiger charge is 2.35. The van der Waals surface area contributed by atoms with Gasteiger partial charge in [0.05, 0.1) is 19.6 Å². The Morgan fingerprint density at radius 3 is 2.57 bits per heavy atom. The van der Waals surface area contributed by atoms with Crippen LogP contribution in [0.3, 0.4) is 0 Å². The van der Waals surface area contributed by atoms with Gasteiger partial charge in [-0.25, -0.2) is 0 Å². The van der Waals surface area contributed by atoms with Crippen molar-refractivity contribution in [3.63, 3.8) is 0 Å². The molecule has 7 heteroatoms. The predicted molar refractivity (Wildman–Crippen MR) is 86.7 cm³/mol. The maximum absolute atomic E-state index is 12.5. The van der Waals surface area contributed by atoms with Gasteiger partial charge in [0.1, 0.15) is 6.04 Å². The van der Waals surface area contributed by atoms with E-state index < -0.39 is 12.0 Å². The van der Waals surface area contributed by atoms with Crippen molar-refractivity contribution in [2.45, 2.75) is 40.2 Å². The smallest absolute Gasteiger partial charge is 0.308 e. The summed E-state index contributed by atoms with van der Waals surface area (Å²) in [4.78, 5) is 40.0. The van der Waals surface area contributed by atoms with Gasteiger partial charge in [0.2, 0.25) is 11.8 Å². The van der Waals surface area contributed by atoms with Gasteiger partial charge in [-0.2, -0.15) is 0 Å². The number of nitrogens with zero attached hydrogens (tertiary/aromatic N) is 2. The van der Waals surface area contributed by atoms with Gasteiger partial charge in [-0.15, -0.1) is 0 Å². The van der Waals surface area contributed by atoms with Gasteiger partial charge in [-0.05, 0) is 19.0 Å². The molecule has 23 heavy (non-hydrogen) atoms. The van der Waals surface area contributed by atoms with Crippen LogP contribution in [0.2, 0.25) is 0 Å². The molecule has 2 amide bonds. The van der Waals surface area contributed by atoms with E-state index in [1.54, 1.807) is 0 Å². The standard InChI is InChI=1S/C16H29N3O4/c1-5-18(6-2)10-14(20)19-8-7-17-16(22)13(19)9-15(21)23-11-12(3)4/h12-13H,5-11H2,1-4H3,(H,17,22). The Balaban J connectivity index is 2.69. The largest absolute Gasteiger partial charge is 0.465 e. The Hall–Kier alpha value is -1.63. The summed E-state index contributed by atoms with van der Waals surface area (Å²) in [5.41, 5.74) is 0. The van der Waals surface area contributed by atoms with Gasteiger partial charge >= 0.3 is 5.97 Å². The molecule has 0 spiro atoms. The molecule has 1 heterocycles. The Bertz CT molecular complexity index is 422. The van der Waals surface area contributed by atoms with E-state index in [1.165, 1.54) is 4.90 Å². The predicted octanol–water partition coefficient (Wildman–Crippen LogP) is 0.245. The minimum absolute atomic E-state index is 0.0947. The van der Waals surface area contributed by atoms with Gasteiger partial charge in [0.15, 0.2) is 0 Å². The second kappa shape index (κ2) is 9.50. The molecule has 7 nitrogen and oxygen atoms in total. The van der Waals surface area contributed by atoms with Crippen LogP contribution in [0, 0.1) is 5.92 Å². The molecule has 0 radical (unpaired) electrons. The van der Waals surface area contributed by atoms with Gasteiger partial charge < -0.3 is 15.0 Å². The van der Waals surface area contributed by atoms with Crippen LogP contribution in [0.5, 0.6) is 0 Å². The number of carbonyl (C=O) groups excluding carboxylic acids is 3. The third-order valence-electron chi connectivity index (χ3n) is 3.84. The third-order valence-corrected chi connectivity index (χ3v) is 3.84. The van der Waals surface area contributed by atoms with Crippen LogP contribution in [0.15, 0.2) is 0 Å². The molecule has 0 aromatic rings. The lowest BCUT2D eigenvalue weighted by molar-refractivity contribution is -0.152. The summed E-state index contributed by atoms with van der Waals surface area (Å²) in [6, 6.07) is -0.772. The third kappa shape index (κ3) is 6.17. The number of rotatable bonds is 8. The van der Waals surface area contributed by atoms with Crippen molar-refractivity contribution < 1.29 is 19.1 Å². The first-order valence-corrected chi connectivity index (χ1v) is 8.34. The van der Waals surface area contributed by atoms with E-state index in [1.807, 2.05) is 32.6 Å². The molecule has 0 bridgehead atoms. The molecule has 0 aromatic heterocycles. The number of hydrogen-bond donors (Lipinski definition) is 1. The van der Waals surface area contributed by atoms with Crippen molar-refractivity contribution in [3.8, 4) is 0 Å². The molecule has 1 N–H and O–H groups in total. The molecule has 0 saturated carbocycles. The fourth-order valence-corrected chi connectivity index (χ4v) is 2.42. The number of likely N-dealkylation sites (N-methyl/N-ethyl adjacent to an activating group) is 1. The average molecular weight is 327 g/mol. The summed E-state index contributed by atoms with van der Waals surface area (Å²) in [7, 11) is 0. The molecule has 132 valence electrons. The monoisotopic (exact) mass is 327 g/mol. The van der Waals surface area contributed by atoms with Crippen molar-refractivity contribution >= 4 is 17.8 Å². The number of piperazine rings is 1. The highest BCUT2D eigenvalue weighted by atomic mass is 16.5. The molecule has 0 aromatic carbocycles. The quantitative estimate of drug-likeness (QED) is 0.646. The van der Waals surface area contributed by atoms with Crippen LogP contribution in [0.25, 0.3) is 0 Å². The molecule has 1 saturated heterocycles. The van der Waals surface area contributed by atoms with Crippen LogP contribution >= 0.6 is 0 Å². The topological polar surface area (TPSA) is 79.0 Å². The van der Waals surface area contributed by atoms with E-state index in [-0.39, 0.29) is 30.7 Å². The van der Waals surface area contributed by atoms with Gasteiger partial charge in [-0.1, -0.05) is 27.7 Å². The number of carbonyl (C=O) groups is 3. The zero-order chi connectivity index (χ0) is 17.4. The fourth-order valence-electron chi connectivity index (χ4n) is 2.42. The zero-order valence-corrected chi connectivity index (χ0v) is 14.6. The first kappa shape index (κ1) is 19.4. The van der Waals surface area contributed by atoms with E-state index in [4.69, 9.17) is 4.74 Å². The Kier molecular flexibility index (Phi) is 8.02. The van der Waals surface area contributed by atoms with Crippen LogP contribution in [0.1, 0.15) is 34.1 Å². The minimum Gasteiger partial charge on any atom is -0.465 e. The average Bonchev–Trinajstić information content (AvgIpc) is 2.52. The van der Waals surface area contributed by atoms with E-state index >= 15 is 0 Å². The summed E-state index contributed by atoms with van der Waals surface area (Å²) < 4.78 is 5.14. The van der Waals surface area contributed by atoms with Crippen molar-refractivity contribution in [2.75, 3.05) is 39.3 Å². The summed E-state index contributed by atoms with van der Waals surface area (Å²) in [5, 5.41) is 2.71.